The van der Waals surface area contributed by atoms with Gasteiger partial charge in [0.2, 0.25) is 10.0 Å². The summed E-state index contributed by atoms with van der Waals surface area (Å²) in [7, 11) is -6.68. The Morgan fingerprint density at radius 2 is 1.85 bits per heavy atom. The maximum Gasteiger partial charge on any atom is 0.241 e. The third kappa shape index (κ3) is 3.50. The quantitative estimate of drug-likeness (QED) is 0.786. The molecule has 6 nitrogen and oxygen atoms in total. The Morgan fingerprint density at radius 1 is 1.25 bits per heavy atom. The molecule has 20 heavy (non-hydrogen) atoms. The largest absolute Gasteiger partial charge is 0.399 e. The molecule has 1 fully saturated rings. The van der Waals surface area contributed by atoms with Crippen molar-refractivity contribution >= 4 is 25.5 Å². The van der Waals surface area contributed by atoms with Gasteiger partial charge in [0.25, 0.3) is 0 Å². The molecule has 3 N–H and O–H groups in total. The summed E-state index contributed by atoms with van der Waals surface area (Å²) >= 11 is 0. The van der Waals surface area contributed by atoms with E-state index >= 15 is 0 Å². The first-order valence-corrected chi connectivity index (χ1v) is 9.59. The zero-order chi connectivity index (χ0) is 15.0. The molecule has 1 aliphatic heterocycles. The van der Waals surface area contributed by atoms with E-state index in [9.17, 15) is 16.8 Å². The van der Waals surface area contributed by atoms with Crippen molar-refractivity contribution in [3.63, 3.8) is 0 Å². The van der Waals surface area contributed by atoms with E-state index in [1.165, 1.54) is 6.07 Å². The highest BCUT2D eigenvalue weighted by molar-refractivity contribution is 7.91. The second kappa shape index (κ2) is 5.34. The molecular formula is C12H18N2O4S2. The number of benzene rings is 1. The monoisotopic (exact) mass is 318 g/mol. The van der Waals surface area contributed by atoms with Gasteiger partial charge in [0.15, 0.2) is 0 Å². The Hall–Kier alpha value is -1.12. The van der Waals surface area contributed by atoms with Crippen LogP contribution in [0.3, 0.4) is 0 Å². The number of nitrogen functional groups attached to an aromatic ring is 1. The highest BCUT2D eigenvalue weighted by Gasteiger charge is 2.28. The number of aryl methyl sites for hydroxylation is 1. The van der Waals surface area contributed by atoms with Crippen LogP contribution in [0.5, 0.6) is 0 Å². The first kappa shape index (κ1) is 15.3. The topological polar surface area (TPSA) is 106 Å². The predicted molar refractivity (Wildman–Crippen MR) is 77.6 cm³/mol. The summed E-state index contributed by atoms with van der Waals surface area (Å²) in [5.74, 6) is 0.0478. The van der Waals surface area contributed by atoms with Crippen molar-refractivity contribution in [2.24, 2.45) is 0 Å². The number of rotatable bonds is 3. The van der Waals surface area contributed by atoms with E-state index in [1.54, 1.807) is 19.1 Å². The molecule has 8 heteroatoms. The van der Waals surface area contributed by atoms with Crippen molar-refractivity contribution in [3.05, 3.63) is 23.8 Å². The second-order valence-corrected chi connectivity index (χ2v) is 9.06. The normalized spacial score (nSPS) is 19.9. The standard InChI is InChI=1S/C12H18N2O4S2/c1-9-2-3-10(13)8-12(9)20(17,18)14-11-4-6-19(15,16)7-5-11/h2-3,8,11,14H,4-7,13H2,1H3. The molecule has 0 spiro atoms. The van der Waals surface area contributed by atoms with Crippen molar-refractivity contribution in [1.82, 2.24) is 4.72 Å². The predicted octanol–water partition coefficient (Wildman–Crippen LogP) is 0.433. The van der Waals surface area contributed by atoms with Gasteiger partial charge in [-0.25, -0.2) is 21.6 Å². The van der Waals surface area contributed by atoms with Crippen LogP contribution in [0.15, 0.2) is 23.1 Å². The average Bonchev–Trinajstić information content (AvgIpc) is 2.35. The van der Waals surface area contributed by atoms with Crippen LogP contribution in [-0.2, 0) is 19.9 Å². The van der Waals surface area contributed by atoms with Gasteiger partial charge in [0, 0.05) is 11.7 Å². The molecule has 1 saturated heterocycles. The highest BCUT2D eigenvalue weighted by atomic mass is 32.2. The van der Waals surface area contributed by atoms with E-state index in [4.69, 9.17) is 5.73 Å². The van der Waals surface area contributed by atoms with Gasteiger partial charge in [-0.05, 0) is 37.5 Å². The average molecular weight is 318 g/mol. The number of nitrogens with two attached hydrogens (primary N) is 1. The van der Waals surface area contributed by atoms with Crippen LogP contribution >= 0.6 is 0 Å². The molecular weight excluding hydrogens is 300 g/mol. The first-order valence-electron chi connectivity index (χ1n) is 6.28. The van der Waals surface area contributed by atoms with E-state index in [1.807, 2.05) is 0 Å². The number of sulfone groups is 1. The van der Waals surface area contributed by atoms with Gasteiger partial charge in [-0.3, -0.25) is 0 Å². The number of nitrogens with one attached hydrogen (secondary N) is 1. The van der Waals surface area contributed by atoms with E-state index in [-0.39, 0.29) is 22.4 Å². The maximum atomic E-state index is 12.3. The Labute approximate surface area is 119 Å². The first-order chi connectivity index (χ1) is 9.20. The molecule has 0 bridgehead atoms. The lowest BCUT2D eigenvalue weighted by Crippen LogP contribution is -2.41. The lowest BCUT2D eigenvalue weighted by Gasteiger charge is -2.23. The molecule has 1 heterocycles. The Bertz CT molecular complexity index is 697. The third-order valence-electron chi connectivity index (χ3n) is 3.38. The number of sulfonamides is 1. The summed E-state index contributed by atoms with van der Waals surface area (Å²) < 4.78 is 49.9. The third-order valence-corrected chi connectivity index (χ3v) is 6.76. The summed E-state index contributed by atoms with van der Waals surface area (Å²) in [6, 6.07) is 4.36. The smallest absolute Gasteiger partial charge is 0.241 e. The molecule has 1 aromatic carbocycles. The Kier molecular flexibility index (Phi) is 4.08. The van der Waals surface area contributed by atoms with Crippen molar-refractivity contribution in [2.45, 2.75) is 30.7 Å². The highest BCUT2D eigenvalue weighted by Crippen LogP contribution is 2.20. The Morgan fingerprint density at radius 3 is 2.45 bits per heavy atom. The van der Waals surface area contributed by atoms with Crippen LogP contribution in [0.4, 0.5) is 5.69 Å². The summed E-state index contributed by atoms with van der Waals surface area (Å²) in [6.07, 6.45) is 0.617. The minimum absolute atomic E-state index is 0.0239. The van der Waals surface area contributed by atoms with Gasteiger partial charge in [-0.2, -0.15) is 0 Å². The van der Waals surface area contributed by atoms with Crippen LogP contribution in [0, 0.1) is 6.92 Å². The number of hydrogen-bond donors (Lipinski definition) is 2. The second-order valence-electron chi connectivity index (χ2n) is 5.07. The lowest BCUT2D eigenvalue weighted by molar-refractivity contribution is 0.505. The van der Waals surface area contributed by atoms with Gasteiger partial charge >= 0.3 is 0 Å². The van der Waals surface area contributed by atoms with Gasteiger partial charge in [-0.1, -0.05) is 6.07 Å². The molecule has 0 saturated carbocycles. The van der Waals surface area contributed by atoms with Crippen molar-refractivity contribution in [2.75, 3.05) is 17.2 Å². The molecule has 1 aliphatic rings. The van der Waals surface area contributed by atoms with Gasteiger partial charge in [0.05, 0.1) is 16.4 Å². The zero-order valence-corrected chi connectivity index (χ0v) is 12.8. The molecule has 112 valence electrons. The van der Waals surface area contributed by atoms with E-state index in [0.717, 1.165) is 0 Å². The number of anilines is 1. The molecule has 0 amide bonds. The van der Waals surface area contributed by atoms with Crippen molar-refractivity contribution in [1.29, 1.82) is 0 Å². The molecule has 0 atom stereocenters. The zero-order valence-electron chi connectivity index (χ0n) is 11.2. The summed E-state index contributed by atoms with van der Waals surface area (Å²) in [5, 5.41) is 0. The fourth-order valence-corrected chi connectivity index (χ4v) is 5.27. The van der Waals surface area contributed by atoms with E-state index in [0.29, 0.717) is 24.1 Å². The molecule has 1 aromatic rings. The van der Waals surface area contributed by atoms with Crippen molar-refractivity contribution in [3.8, 4) is 0 Å². The molecule has 0 aliphatic carbocycles. The van der Waals surface area contributed by atoms with Crippen LogP contribution in [0.2, 0.25) is 0 Å². The molecule has 0 radical (unpaired) electrons. The lowest BCUT2D eigenvalue weighted by atomic mass is 10.2. The SMILES string of the molecule is Cc1ccc(N)cc1S(=O)(=O)NC1CCS(=O)(=O)CC1. The fraction of sp³-hybridized carbons (Fsp3) is 0.500. The summed E-state index contributed by atoms with van der Waals surface area (Å²) in [4.78, 5) is 0.144. The van der Waals surface area contributed by atoms with Crippen LogP contribution in [0.1, 0.15) is 18.4 Å². The van der Waals surface area contributed by atoms with Gasteiger partial charge in [0.1, 0.15) is 9.84 Å². The fourth-order valence-electron chi connectivity index (χ4n) is 2.20. The Balaban J connectivity index is 2.18. The molecule has 0 unspecified atom stereocenters. The van der Waals surface area contributed by atoms with Crippen LogP contribution in [0.25, 0.3) is 0 Å². The van der Waals surface area contributed by atoms with Gasteiger partial charge < -0.3 is 5.73 Å². The van der Waals surface area contributed by atoms with Crippen LogP contribution < -0.4 is 10.5 Å². The molecule has 0 aromatic heterocycles. The van der Waals surface area contributed by atoms with Crippen LogP contribution in [-0.4, -0.2) is 34.4 Å². The number of hydrogen-bond acceptors (Lipinski definition) is 5. The summed E-state index contributed by atoms with van der Waals surface area (Å²) in [6.45, 7) is 1.69. The van der Waals surface area contributed by atoms with Gasteiger partial charge in [-0.15, -0.1) is 0 Å². The minimum Gasteiger partial charge on any atom is -0.399 e. The van der Waals surface area contributed by atoms with E-state index in [2.05, 4.69) is 4.72 Å². The molecule has 2 rings (SSSR count). The summed E-state index contributed by atoms with van der Waals surface area (Å²) in [5.41, 5.74) is 6.60. The minimum atomic E-state index is -3.68. The maximum absolute atomic E-state index is 12.3. The van der Waals surface area contributed by atoms with Crippen molar-refractivity contribution < 1.29 is 16.8 Å². The van der Waals surface area contributed by atoms with E-state index < -0.39 is 19.9 Å².